The van der Waals surface area contributed by atoms with E-state index in [-0.39, 0.29) is 26.3 Å². The Kier molecular flexibility index (Phi) is 10.2. The number of ether oxygens (including phenoxy) is 2. The minimum atomic E-state index is -1.76. The normalized spacial score (nSPS) is 23.9. The molecule has 4 aromatic rings. The van der Waals surface area contributed by atoms with Crippen molar-refractivity contribution in [2.24, 2.45) is 11.7 Å². The van der Waals surface area contributed by atoms with Crippen LogP contribution < -0.4 is 26.4 Å². The number of hydrogen-bond donors (Lipinski definition) is 5. The van der Waals surface area contributed by atoms with Crippen molar-refractivity contribution in [3.63, 3.8) is 0 Å². The summed E-state index contributed by atoms with van der Waals surface area (Å²) < 4.78 is 12.6. The monoisotopic (exact) mass is 725 g/mol. The molecule has 0 radical (unpaired) electrons. The molecule has 3 aliphatic heterocycles. The zero-order valence-electron chi connectivity index (χ0n) is 29.2. The number of rotatable bonds is 10. The van der Waals surface area contributed by atoms with E-state index in [0.717, 1.165) is 11.1 Å². The van der Waals surface area contributed by atoms with Crippen molar-refractivity contribution in [1.29, 1.82) is 0 Å². The number of hydrogen-bond acceptors (Lipinski definition) is 8. The lowest BCUT2D eigenvalue weighted by Gasteiger charge is -2.46. The maximum absolute atomic E-state index is 15.2. The molecule has 0 saturated carbocycles. The van der Waals surface area contributed by atoms with E-state index in [0.29, 0.717) is 28.1 Å². The van der Waals surface area contributed by atoms with E-state index in [1.807, 2.05) is 77.7 Å². The molecule has 1 spiro atoms. The highest BCUT2D eigenvalue weighted by atomic mass is 16.6. The number of carbonyl (C=O) groups is 4. The molecule has 2 fully saturated rings. The summed E-state index contributed by atoms with van der Waals surface area (Å²) in [5.74, 6) is 3.24. The van der Waals surface area contributed by atoms with Crippen LogP contribution >= 0.6 is 0 Å². The number of morpholine rings is 1. The molecule has 274 valence electrons. The molecule has 3 aliphatic rings. The molecule has 6 atom stereocenters. The second kappa shape index (κ2) is 15.3. The minimum absolute atomic E-state index is 0.0131. The van der Waals surface area contributed by atoms with Crippen LogP contribution in [0.25, 0.3) is 0 Å². The van der Waals surface area contributed by atoms with Gasteiger partial charge in [0.15, 0.2) is 0 Å². The van der Waals surface area contributed by atoms with Crippen LogP contribution in [-0.4, -0.2) is 66.2 Å². The molecule has 0 bridgehead atoms. The molecule has 3 heterocycles. The van der Waals surface area contributed by atoms with Gasteiger partial charge in [-0.1, -0.05) is 96.8 Å². The maximum Gasteiger partial charge on any atom is 0.324 e. The van der Waals surface area contributed by atoms with Crippen molar-refractivity contribution in [2.45, 2.75) is 29.6 Å². The van der Waals surface area contributed by atoms with E-state index < -0.39 is 59.4 Å². The van der Waals surface area contributed by atoms with Crippen LogP contribution in [0.1, 0.15) is 46.0 Å². The molecule has 54 heavy (non-hydrogen) atoms. The molecule has 12 heteroatoms. The fourth-order valence-corrected chi connectivity index (χ4v) is 8.20. The summed E-state index contributed by atoms with van der Waals surface area (Å²) >= 11 is 0. The number of esters is 1. The Morgan fingerprint density at radius 3 is 2.37 bits per heavy atom. The molecular weight excluding hydrogens is 686 g/mol. The topological polar surface area (TPSA) is 172 Å². The van der Waals surface area contributed by atoms with Gasteiger partial charge >= 0.3 is 12.0 Å². The van der Waals surface area contributed by atoms with Gasteiger partial charge in [0.25, 0.3) is 0 Å². The van der Waals surface area contributed by atoms with E-state index in [1.165, 1.54) is 6.08 Å². The number of aliphatic hydroxyl groups excluding tert-OH is 1. The summed E-state index contributed by atoms with van der Waals surface area (Å²) in [5.41, 5.74) is 6.92. The fourth-order valence-electron chi connectivity index (χ4n) is 8.20. The van der Waals surface area contributed by atoms with Gasteiger partial charge in [0.05, 0.1) is 31.2 Å². The molecule has 0 aliphatic carbocycles. The summed E-state index contributed by atoms with van der Waals surface area (Å²) in [6.07, 6.45) is 0.692. The highest BCUT2D eigenvalue weighted by Gasteiger charge is 2.74. The first kappa shape index (κ1) is 36.0. The standard InChI is InChI=1S/C42H39N5O7/c1-2-21-44-38(49)33-35-39(50)54-36(28-15-7-4-8-16-28)34(27-13-5-3-6-14-27)47(35)37(29-17-9-10-18-32(29)53-24-23-48)42(33)30-25-26(12-11-22-45-41(43)52)19-20-31(30)46-40(42)51/h2-10,13-20,25,33-37,48H,1,21-24H2,(H,44,49)(H,46,51)(H3,43,45,52)/t33-,34-,35-,36+,37+,42-/m0/s1. The molecular formula is C42H39N5O7. The smallest absolute Gasteiger partial charge is 0.324 e. The van der Waals surface area contributed by atoms with Gasteiger partial charge in [-0.2, -0.15) is 0 Å². The molecule has 0 unspecified atom stereocenters. The summed E-state index contributed by atoms with van der Waals surface area (Å²) in [4.78, 5) is 58.0. The number of nitrogens with one attached hydrogen (secondary N) is 3. The number of fused-ring (bicyclic) bond motifs is 3. The van der Waals surface area contributed by atoms with Crippen molar-refractivity contribution in [1.82, 2.24) is 15.5 Å². The second-order valence-electron chi connectivity index (χ2n) is 13.1. The summed E-state index contributed by atoms with van der Waals surface area (Å²) in [6, 6.07) is 27.6. The minimum Gasteiger partial charge on any atom is -0.491 e. The number of benzene rings is 4. The van der Waals surface area contributed by atoms with Crippen molar-refractivity contribution in [2.75, 3.05) is 31.6 Å². The van der Waals surface area contributed by atoms with Crippen molar-refractivity contribution < 1.29 is 33.8 Å². The first-order chi connectivity index (χ1) is 26.3. The van der Waals surface area contributed by atoms with E-state index in [2.05, 4.69) is 34.4 Å². The van der Waals surface area contributed by atoms with Gasteiger partial charge in [-0.25, -0.2) is 4.79 Å². The van der Waals surface area contributed by atoms with Crippen LogP contribution in [0.4, 0.5) is 10.5 Å². The quantitative estimate of drug-likeness (QED) is 0.0937. The first-order valence-corrected chi connectivity index (χ1v) is 17.6. The number of urea groups is 1. The Hall–Kier alpha value is -6.42. The van der Waals surface area contributed by atoms with Crippen LogP contribution in [0, 0.1) is 17.8 Å². The Bertz CT molecular complexity index is 2150. The van der Waals surface area contributed by atoms with Crippen molar-refractivity contribution in [3.8, 4) is 17.6 Å². The molecule has 6 N–H and O–H groups in total. The van der Waals surface area contributed by atoms with Crippen LogP contribution in [-0.2, 0) is 24.5 Å². The number of amides is 4. The lowest BCUT2D eigenvalue weighted by Crippen LogP contribution is -2.54. The zero-order chi connectivity index (χ0) is 37.8. The molecule has 2 saturated heterocycles. The van der Waals surface area contributed by atoms with Crippen molar-refractivity contribution >= 4 is 29.5 Å². The van der Waals surface area contributed by atoms with Gasteiger partial charge in [0.2, 0.25) is 11.8 Å². The van der Waals surface area contributed by atoms with Gasteiger partial charge in [0.1, 0.15) is 29.9 Å². The van der Waals surface area contributed by atoms with E-state index in [9.17, 15) is 19.5 Å². The zero-order valence-corrected chi connectivity index (χ0v) is 29.2. The fraction of sp³-hybridized carbons (Fsp3) is 0.238. The number of cyclic esters (lactones) is 1. The van der Waals surface area contributed by atoms with Gasteiger partial charge in [-0.3, -0.25) is 19.3 Å². The lowest BCUT2D eigenvalue weighted by molar-refractivity contribution is -0.178. The summed E-state index contributed by atoms with van der Waals surface area (Å²) in [7, 11) is 0. The Labute approximate surface area is 312 Å². The largest absolute Gasteiger partial charge is 0.491 e. The lowest BCUT2D eigenvalue weighted by atomic mass is 9.65. The molecule has 7 rings (SSSR count). The van der Waals surface area contributed by atoms with Gasteiger partial charge in [-0.05, 0) is 41.0 Å². The SMILES string of the molecule is C=CCNC(=O)[C@@H]1[C@H]2C(=O)O[C@H](c3ccccc3)[C@H](c3ccccc3)N2[C@H](c2ccccc2OCCO)[C@@]12C(=O)Nc1ccc(C#CCNC(N)=O)cc12. The number of nitrogens with zero attached hydrogens (tertiary/aromatic N) is 1. The number of carbonyl (C=O) groups excluding carboxylic acids is 4. The predicted octanol–water partition coefficient (Wildman–Crippen LogP) is 3.65. The van der Waals surface area contributed by atoms with Crippen LogP contribution in [0.2, 0.25) is 0 Å². The Morgan fingerprint density at radius 1 is 0.963 bits per heavy atom. The second-order valence-corrected chi connectivity index (χ2v) is 13.1. The third-order valence-electron chi connectivity index (χ3n) is 10.2. The Balaban J connectivity index is 1.55. The molecule has 12 nitrogen and oxygen atoms in total. The van der Waals surface area contributed by atoms with Gasteiger partial charge < -0.3 is 36.3 Å². The van der Waals surface area contributed by atoms with Crippen LogP contribution in [0.5, 0.6) is 5.75 Å². The predicted molar refractivity (Wildman–Crippen MR) is 200 cm³/mol. The number of nitrogens with two attached hydrogens (primary N) is 1. The van der Waals surface area contributed by atoms with Crippen molar-refractivity contribution in [3.05, 3.63) is 144 Å². The summed E-state index contributed by atoms with van der Waals surface area (Å²) in [6.45, 7) is 3.53. The highest BCUT2D eigenvalue weighted by molar-refractivity contribution is 6.12. The molecule has 4 amide bonds. The van der Waals surface area contributed by atoms with E-state index >= 15 is 4.79 Å². The van der Waals surface area contributed by atoms with Crippen LogP contribution in [0.15, 0.2) is 116 Å². The average molecular weight is 726 g/mol. The van der Waals surface area contributed by atoms with E-state index in [1.54, 1.807) is 30.3 Å². The molecule has 4 aromatic carbocycles. The number of para-hydroxylation sites is 1. The van der Waals surface area contributed by atoms with E-state index in [4.69, 9.17) is 15.2 Å². The Morgan fingerprint density at radius 2 is 1.67 bits per heavy atom. The third-order valence-corrected chi connectivity index (χ3v) is 10.2. The highest BCUT2D eigenvalue weighted by Crippen LogP contribution is 2.65. The number of primary amides is 1. The van der Waals surface area contributed by atoms with Gasteiger partial charge in [-0.15, -0.1) is 6.58 Å². The van der Waals surface area contributed by atoms with Gasteiger partial charge in [0, 0.05) is 23.4 Å². The number of aliphatic hydroxyl groups is 1. The average Bonchev–Trinajstić information content (AvgIpc) is 3.66. The summed E-state index contributed by atoms with van der Waals surface area (Å²) in [5, 5.41) is 18.2. The molecule has 0 aromatic heterocycles. The van der Waals surface area contributed by atoms with Crippen LogP contribution in [0.3, 0.4) is 0 Å². The third kappa shape index (κ3) is 6.23. The maximum atomic E-state index is 15.2. The first-order valence-electron chi connectivity index (χ1n) is 17.6. The number of anilines is 1.